The quantitative estimate of drug-likeness (QED) is 0.368. The summed E-state index contributed by atoms with van der Waals surface area (Å²) >= 11 is 0. The Labute approximate surface area is 187 Å². The Bertz CT molecular complexity index is 1490. The molecule has 0 aliphatic rings. The summed E-state index contributed by atoms with van der Waals surface area (Å²) in [5.74, 6) is 0.0407. The number of nitrogens with one attached hydrogen (secondary N) is 2. The minimum absolute atomic E-state index is 0.0747. The molecule has 6 nitrogen and oxygen atoms in total. The van der Waals surface area contributed by atoms with Crippen molar-refractivity contribution >= 4 is 26.7 Å². The number of rotatable bonds is 6. The lowest BCUT2D eigenvalue weighted by Gasteiger charge is -2.16. The van der Waals surface area contributed by atoms with E-state index in [0.717, 1.165) is 24.3 Å². The maximum Gasteiger partial charge on any atom is 0.261 e. The second kappa shape index (κ2) is 8.61. The zero-order valence-corrected chi connectivity index (χ0v) is 17.6. The second-order valence-electron chi connectivity index (χ2n) is 7.08. The lowest BCUT2D eigenvalue weighted by Crippen LogP contribution is -2.16. The molecule has 0 aliphatic carbocycles. The van der Waals surface area contributed by atoms with E-state index in [1.165, 1.54) is 30.6 Å². The Balaban J connectivity index is 1.76. The Morgan fingerprint density at radius 1 is 1.15 bits per heavy atom. The molecular formula is C23H16F3N3O3S. The van der Waals surface area contributed by atoms with Crippen molar-refractivity contribution in [1.29, 1.82) is 0 Å². The SMILES string of the molecule is C#Cc1ccnc2[nH]cc(C(O)c3c(F)ccc(NS(=O)(=O)c4ccc(CF)cc4)c3F)c12. The molecule has 4 rings (SSSR count). The van der Waals surface area contributed by atoms with Crippen LogP contribution < -0.4 is 4.72 Å². The highest BCUT2D eigenvalue weighted by Gasteiger charge is 2.27. The van der Waals surface area contributed by atoms with Crippen LogP contribution in [0.3, 0.4) is 0 Å². The molecule has 3 N–H and O–H groups in total. The third kappa shape index (κ3) is 4.04. The van der Waals surface area contributed by atoms with Crippen molar-refractivity contribution in [1.82, 2.24) is 9.97 Å². The molecule has 33 heavy (non-hydrogen) atoms. The van der Waals surface area contributed by atoms with Crippen LogP contribution in [0.5, 0.6) is 0 Å². The summed E-state index contributed by atoms with van der Waals surface area (Å²) in [6.45, 7) is -0.771. The molecule has 0 saturated heterocycles. The molecule has 0 bridgehead atoms. The van der Waals surface area contributed by atoms with Gasteiger partial charge in [-0.15, -0.1) is 6.42 Å². The van der Waals surface area contributed by atoms with Crippen LogP contribution in [0.25, 0.3) is 11.0 Å². The van der Waals surface area contributed by atoms with E-state index in [0.29, 0.717) is 16.6 Å². The monoisotopic (exact) mass is 471 g/mol. The fourth-order valence-electron chi connectivity index (χ4n) is 3.43. The van der Waals surface area contributed by atoms with Crippen LogP contribution in [0.15, 0.2) is 59.8 Å². The van der Waals surface area contributed by atoms with Crippen molar-refractivity contribution in [2.75, 3.05) is 4.72 Å². The molecule has 0 aliphatic heterocycles. The molecule has 1 unspecified atom stereocenters. The summed E-state index contributed by atoms with van der Waals surface area (Å²) < 4.78 is 69.9. The molecule has 4 aromatic rings. The number of hydrogen-bond donors (Lipinski definition) is 3. The maximum atomic E-state index is 15.3. The predicted molar refractivity (Wildman–Crippen MR) is 117 cm³/mol. The van der Waals surface area contributed by atoms with Crippen molar-refractivity contribution < 1.29 is 26.7 Å². The summed E-state index contributed by atoms with van der Waals surface area (Å²) in [6.07, 6.45) is 6.44. The number of terminal acetylenes is 1. The predicted octanol–water partition coefficient (Wildman–Crippen LogP) is 4.17. The van der Waals surface area contributed by atoms with Gasteiger partial charge in [0.05, 0.1) is 16.1 Å². The largest absolute Gasteiger partial charge is 0.383 e. The van der Waals surface area contributed by atoms with Crippen LogP contribution in [-0.4, -0.2) is 23.5 Å². The molecule has 0 radical (unpaired) electrons. The van der Waals surface area contributed by atoms with Gasteiger partial charge in [0.1, 0.15) is 24.2 Å². The summed E-state index contributed by atoms with van der Waals surface area (Å²) in [4.78, 5) is 6.62. The van der Waals surface area contributed by atoms with Crippen molar-refractivity contribution in [3.63, 3.8) is 0 Å². The van der Waals surface area contributed by atoms with Crippen LogP contribution in [0.4, 0.5) is 18.9 Å². The van der Waals surface area contributed by atoms with Gasteiger partial charge in [-0.2, -0.15) is 0 Å². The Morgan fingerprint density at radius 3 is 2.55 bits per heavy atom. The number of alkyl halides is 1. The van der Waals surface area contributed by atoms with Gasteiger partial charge in [-0.1, -0.05) is 18.1 Å². The zero-order valence-electron chi connectivity index (χ0n) is 16.8. The molecule has 2 aromatic carbocycles. The van der Waals surface area contributed by atoms with Crippen LogP contribution in [0.1, 0.15) is 28.4 Å². The van der Waals surface area contributed by atoms with Gasteiger partial charge in [-0.3, -0.25) is 4.72 Å². The van der Waals surface area contributed by atoms with Crippen LogP contribution >= 0.6 is 0 Å². The van der Waals surface area contributed by atoms with E-state index in [-0.39, 0.29) is 16.0 Å². The van der Waals surface area contributed by atoms with E-state index < -0.39 is 45.7 Å². The molecule has 0 amide bonds. The Hall–Kier alpha value is -3.81. The fraction of sp³-hybridized carbons (Fsp3) is 0.0870. The van der Waals surface area contributed by atoms with E-state index in [1.54, 1.807) is 0 Å². The lowest BCUT2D eigenvalue weighted by molar-refractivity contribution is 0.211. The number of benzene rings is 2. The van der Waals surface area contributed by atoms with E-state index >= 15 is 4.39 Å². The van der Waals surface area contributed by atoms with Gasteiger partial charge in [0.25, 0.3) is 10.0 Å². The maximum absolute atomic E-state index is 15.3. The number of anilines is 1. The Kier molecular flexibility index (Phi) is 5.84. The number of aliphatic hydroxyl groups excluding tert-OH is 1. The van der Waals surface area contributed by atoms with E-state index in [4.69, 9.17) is 6.42 Å². The van der Waals surface area contributed by atoms with Crippen molar-refractivity contribution in [2.24, 2.45) is 0 Å². The first-order chi connectivity index (χ1) is 15.8. The van der Waals surface area contributed by atoms with Gasteiger partial charge in [-0.25, -0.2) is 26.6 Å². The topological polar surface area (TPSA) is 95.1 Å². The van der Waals surface area contributed by atoms with Gasteiger partial charge in [0.15, 0.2) is 5.82 Å². The summed E-state index contributed by atoms with van der Waals surface area (Å²) in [5, 5.41) is 11.2. The second-order valence-corrected chi connectivity index (χ2v) is 8.76. The summed E-state index contributed by atoms with van der Waals surface area (Å²) in [5.41, 5.74) is -0.331. The number of sulfonamides is 1. The molecule has 10 heteroatoms. The smallest absolute Gasteiger partial charge is 0.261 e. The number of aliphatic hydroxyl groups is 1. The third-order valence-electron chi connectivity index (χ3n) is 5.09. The van der Waals surface area contributed by atoms with E-state index in [1.807, 2.05) is 4.72 Å². The van der Waals surface area contributed by atoms with Gasteiger partial charge in [-0.05, 0) is 35.9 Å². The van der Waals surface area contributed by atoms with Crippen LogP contribution in [0.2, 0.25) is 0 Å². The highest BCUT2D eigenvalue weighted by atomic mass is 32.2. The molecule has 0 fully saturated rings. The van der Waals surface area contributed by atoms with E-state index in [9.17, 15) is 22.3 Å². The van der Waals surface area contributed by atoms with Gasteiger partial charge in [0.2, 0.25) is 0 Å². The van der Waals surface area contributed by atoms with Crippen LogP contribution in [-0.2, 0) is 16.7 Å². The minimum Gasteiger partial charge on any atom is -0.383 e. The molecule has 0 saturated carbocycles. The van der Waals surface area contributed by atoms with Gasteiger partial charge < -0.3 is 10.1 Å². The van der Waals surface area contributed by atoms with Crippen LogP contribution in [0, 0.1) is 24.0 Å². The molecule has 1 atom stereocenters. The number of nitrogens with zero attached hydrogens (tertiary/aromatic N) is 1. The van der Waals surface area contributed by atoms with Crippen molar-refractivity contribution in [3.05, 3.63) is 88.7 Å². The van der Waals surface area contributed by atoms with Crippen molar-refractivity contribution in [3.8, 4) is 12.3 Å². The average Bonchev–Trinajstić information content (AvgIpc) is 3.25. The number of aromatic nitrogens is 2. The average molecular weight is 471 g/mol. The zero-order chi connectivity index (χ0) is 23.8. The van der Waals surface area contributed by atoms with Gasteiger partial charge >= 0.3 is 0 Å². The first-order valence-corrected chi connectivity index (χ1v) is 11.0. The molecule has 2 aromatic heterocycles. The van der Waals surface area contributed by atoms with E-state index in [2.05, 4.69) is 15.9 Å². The molecule has 0 spiro atoms. The lowest BCUT2D eigenvalue weighted by atomic mass is 9.98. The first kappa shape index (κ1) is 22.4. The third-order valence-corrected chi connectivity index (χ3v) is 6.47. The number of hydrogen-bond acceptors (Lipinski definition) is 4. The van der Waals surface area contributed by atoms with Gasteiger partial charge in [0, 0.05) is 28.9 Å². The number of fused-ring (bicyclic) bond motifs is 1. The standard InChI is InChI=1S/C23H16F3N3O3S/c1-2-14-9-10-27-23-19(14)16(12-28-23)22(30)20-17(25)7-8-18(21(20)26)29-33(31,32)15-5-3-13(11-24)4-6-15/h1,3-10,12,22,29-30H,11H2,(H,27,28). The van der Waals surface area contributed by atoms with Crippen molar-refractivity contribution in [2.45, 2.75) is 17.7 Å². The summed E-state index contributed by atoms with van der Waals surface area (Å²) in [7, 11) is -4.27. The molecule has 168 valence electrons. The normalized spacial score (nSPS) is 12.5. The minimum atomic E-state index is -4.27. The number of H-pyrrole nitrogens is 1. The number of aromatic amines is 1. The highest BCUT2D eigenvalue weighted by molar-refractivity contribution is 7.92. The Morgan fingerprint density at radius 2 is 1.88 bits per heavy atom. The molecule has 2 heterocycles. The number of halogens is 3. The first-order valence-electron chi connectivity index (χ1n) is 9.53. The highest BCUT2D eigenvalue weighted by Crippen LogP contribution is 2.35. The molecular weight excluding hydrogens is 455 g/mol. The summed E-state index contributed by atoms with van der Waals surface area (Å²) in [6, 6.07) is 8.12. The fourth-order valence-corrected chi connectivity index (χ4v) is 4.49. The number of pyridine rings is 1.